The second-order valence-electron chi connectivity index (χ2n) is 6.30. The van der Waals surface area contributed by atoms with Crippen LogP contribution in [0.4, 0.5) is 5.95 Å². The summed E-state index contributed by atoms with van der Waals surface area (Å²) < 4.78 is 5.85. The van der Waals surface area contributed by atoms with E-state index in [1.165, 1.54) is 0 Å². The average Bonchev–Trinajstić information content (AvgIpc) is 3.10. The van der Waals surface area contributed by atoms with E-state index in [0.717, 1.165) is 24.2 Å². The third-order valence-electron chi connectivity index (χ3n) is 4.20. The molecule has 134 valence electrons. The maximum atomic E-state index is 12.9. The molecule has 0 aromatic carbocycles. The van der Waals surface area contributed by atoms with Crippen LogP contribution < -0.4 is 4.90 Å². The van der Waals surface area contributed by atoms with Crippen LogP contribution in [-0.2, 0) is 11.2 Å². The molecule has 2 aromatic heterocycles. The molecular weight excluding hydrogens is 320 g/mol. The first-order chi connectivity index (χ1) is 12.1. The number of carbonyl (C=O) groups excluding carboxylic acids is 1. The van der Waals surface area contributed by atoms with Crippen molar-refractivity contribution in [2.45, 2.75) is 25.9 Å². The van der Waals surface area contributed by atoms with Gasteiger partial charge in [-0.15, -0.1) is 0 Å². The van der Waals surface area contributed by atoms with E-state index in [1.54, 1.807) is 12.4 Å². The smallest absolute Gasteiger partial charge is 0.257 e. The van der Waals surface area contributed by atoms with Gasteiger partial charge in [-0.3, -0.25) is 9.89 Å². The highest BCUT2D eigenvalue weighted by Gasteiger charge is 2.29. The molecule has 1 saturated heterocycles. The lowest BCUT2D eigenvalue weighted by Gasteiger charge is -2.32. The standard InChI is InChI=1S/C17H24N6O2/c1-4-5-13-12(10-19-21-13)16(24)23-8-9-25-15(11-23)14-6-7-18-17(20-14)22(2)3/h6-7,10,15H,4-5,8-9,11H2,1-3H3,(H,19,21)/t15-/m0/s1. The van der Waals surface area contributed by atoms with Crippen molar-refractivity contribution in [3.05, 3.63) is 35.4 Å². The monoisotopic (exact) mass is 344 g/mol. The molecule has 0 radical (unpaired) electrons. The predicted octanol–water partition coefficient (Wildman–Crippen LogP) is 1.43. The lowest BCUT2D eigenvalue weighted by Crippen LogP contribution is -2.42. The van der Waals surface area contributed by atoms with Gasteiger partial charge in [-0.2, -0.15) is 5.10 Å². The molecule has 0 saturated carbocycles. The predicted molar refractivity (Wildman–Crippen MR) is 93.5 cm³/mol. The number of ether oxygens (including phenoxy) is 1. The number of aromatic amines is 1. The van der Waals surface area contributed by atoms with Crippen LogP contribution in [0, 0.1) is 0 Å². The molecule has 1 amide bonds. The minimum atomic E-state index is -0.249. The molecule has 25 heavy (non-hydrogen) atoms. The second kappa shape index (κ2) is 7.60. The van der Waals surface area contributed by atoms with E-state index in [-0.39, 0.29) is 12.0 Å². The van der Waals surface area contributed by atoms with Crippen molar-refractivity contribution in [2.75, 3.05) is 38.7 Å². The molecule has 1 atom stereocenters. The van der Waals surface area contributed by atoms with Crippen LogP contribution >= 0.6 is 0 Å². The van der Waals surface area contributed by atoms with E-state index in [9.17, 15) is 4.79 Å². The number of anilines is 1. The van der Waals surface area contributed by atoms with Crippen LogP contribution in [0.1, 0.15) is 41.2 Å². The minimum absolute atomic E-state index is 0.00705. The number of nitrogens with zero attached hydrogens (tertiary/aromatic N) is 5. The van der Waals surface area contributed by atoms with E-state index in [2.05, 4.69) is 27.1 Å². The molecule has 0 bridgehead atoms. The molecular formula is C17H24N6O2. The lowest BCUT2D eigenvalue weighted by molar-refractivity contribution is -0.0247. The Morgan fingerprint density at radius 1 is 1.48 bits per heavy atom. The van der Waals surface area contributed by atoms with Gasteiger partial charge >= 0.3 is 0 Å². The zero-order valence-electron chi connectivity index (χ0n) is 14.9. The topological polar surface area (TPSA) is 87.2 Å². The Morgan fingerprint density at radius 2 is 2.32 bits per heavy atom. The Hall–Kier alpha value is -2.48. The zero-order chi connectivity index (χ0) is 17.8. The minimum Gasteiger partial charge on any atom is -0.368 e. The summed E-state index contributed by atoms with van der Waals surface area (Å²) in [6, 6.07) is 1.84. The summed E-state index contributed by atoms with van der Waals surface area (Å²) in [5, 5.41) is 6.97. The molecule has 0 unspecified atom stereocenters. The van der Waals surface area contributed by atoms with Crippen LogP contribution in [0.15, 0.2) is 18.5 Å². The number of aromatic nitrogens is 4. The van der Waals surface area contributed by atoms with Gasteiger partial charge < -0.3 is 14.5 Å². The molecule has 1 aliphatic rings. The third kappa shape index (κ3) is 3.79. The van der Waals surface area contributed by atoms with E-state index in [1.807, 2.05) is 30.0 Å². The first-order valence-corrected chi connectivity index (χ1v) is 8.53. The van der Waals surface area contributed by atoms with Crippen molar-refractivity contribution in [1.29, 1.82) is 0 Å². The molecule has 1 aliphatic heterocycles. The van der Waals surface area contributed by atoms with Crippen molar-refractivity contribution < 1.29 is 9.53 Å². The molecule has 1 fully saturated rings. The highest BCUT2D eigenvalue weighted by atomic mass is 16.5. The van der Waals surface area contributed by atoms with Crippen molar-refractivity contribution >= 4 is 11.9 Å². The van der Waals surface area contributed by atoms with Crippen molar-refractivity contribution in [2.24, 2.45) is 0 Å². The van der Waals surface area contributed by atoms with E-state index in [0.29, 0.717) is 31.2 Å². The lowest BCUT2D eigenvalue weighted by atomic mass is 10.1. The summed E-state index contributed by atoms with van der Waals surface area (Å²) in [6.07, 6.45) is 4.86. The fraction of sp³-hybridized carbons (Fsp3) is 0.529. The number of aryl methyl sites for hydroxylation is 1. The fourth-order valence-electron chi connectivity index (χ4n) is 2.88. The first kappa shape index (κ1) is 17.3. The zero-order valence-corrected chi connectivity index (χ0v) is 14.9. The van der Waals surface area contributed by atoms with Crippen LogP contribution in [-0.4, -0.2) is 64.8 Å². The van der Waals surface area contributed by atoms with Crippen LogP contribution in [0.2, 0.25) is 0 Å². The van der Waals surface area contributed by atoms with Gasteiger partial charge in [0.15, 0.2) is 0 Å². The largest absolute Gasteiger partial charge is 0.368 e. The average molecular weight is 344 g/mol. The summed E-state index contributed by atoms with van der Waals surface area (Å²) in [5.41, 5.74) is 2.34. The van der Waals surface area contributed by atoms with Gasteiger partial charge in [0.25, 0.3) is 5.91 Å². The highest BCUT2D eigenvalue weighted by molar-refractivity contribution is 5.95. The van der Waals surface area contributed by atoms with Crippen molar-refractivity contribution in [3.8, 4) is 0 Å². The Morgan fingerprint density at radius 3 is 3.08 bits per heavy atom. The summed E-state index contributed by atoms with van der Waals surface area (Å²) >= 11 is 0. The number of morpholine rings is 1. The van der Waals surface area contributed by atoms with Crippen LogP contribution in [0.3, 0.4) is 0 Å². The Balaban J connectivity index is 1.75. The molecule has 0 aliphatic carbocycles. The second-order valence-corrected chi connectivity index (χ2v) is 6.30. The molecule has 0 spiro atoms. The molecule has 3 heterocycles. The van der Waals surface area contributed by atoms with Crippen LogP contribution in [0.25, 0.3) is 0 Å². The van der Waals surface area contributed by atoms with Gasteiger partial charge in [0.2, 0.25) is 5.95 Å². The van der Waals surface area contributed by atoms with E-state index < -0.39 is 0 Å². The number of carbonyl (C=O) groups is 1. The van der Waals surface area contributed by atoms with Gasteiger partial charge in [0, 0.05) is 32.5 Å². The number of amides is 1. The maximum absolute atomic E-state index is 12.9. The van der Waals surface area contributed by atoms with Crippen molar-refractivity contribution in [1.82, 2.24) is 25.1 Å². The van der Waals surface area contributed by atoms with Crippen LogP contribution in [0.5, 0.6) is 0 Å². The molecule has 8 nitrogen and oxygen atoms in total. The molecule has 2 aromatic rings. The third-order valence-corrected chi connectivity index (χ3v) is 4.20. The normalized spacial score (nSPS) is 17.6. The molecule has 8 heteroatoms. The summed E-state index contributed by atoms with van der Waals surface area (Å²) in [5.74, 6) is 0.622. The number of nitrogens with one attached hydrogen (secondary N) is 1. The Kier molecular flexibility index (Phi) is 5.28. The van der Waals surface area contributed by atoms with E-state index >= 15 is 0 Å². The summed E-state index contributed by atoms with van der Waals surface area (Å²) in [4.78, 5) is 25.3. The molecule has 3 rings (SSSR count). The summed E-state index contributed by atoms with van der Waals surface area (Å²) in [6.45, 7) is 3.60. The van der Waals surface area contributed by atoms with Crippen molar-refractivity contribution in [3.63, 3.8) is 0 Å². The maximum Gasteiger partial charge on any atom is 0.257 e. The number of hydrogen-bond acceptors (Lipinski definition) is 6. The first-order valence-electron chi connectivity index (χ1n) is 8.53. The Labute approximate surface area is 147 Å². The van der Waals surface area contributed by atoms with Gasteiger partial charge in [-0.05, 0) is 12.5 Å². The summed E-state index contributed by atoms with van der Waals surface area (Å²) in [7, 11) is 3.79. The number of H-pyrrole nitrogens is 1. The number of rotatable bonds is 5. The quantitative estimate of drug-likeness (QED) is 0.883. The fourth-order valence-corrected chi connectivity index (χ4v) is 2.88. The Bertz CT molecular complexity index is 729. The highest BCUT2D eigenvalue weighted by Crippen LogP contribution is 2.23. The van der Waals surface area contributed by atoms with Gasteiger partial charge in [-0.1, -0.05) is 13.3 Å². The SMILES string of the molecule is CCCc1[nH]ncc1C(=O)N1CCO[C@H](c2ccnc(N(C)C)n2)C1. The van der Waals surface area contributed by atoms with Gasteiger partial charge in [0.05, 0.1) is 30.6 Å². The van der Waals surface area contributed by atoms with Gasteiger partial charge in [0.1, 0.15) is 6.10 Å². The van der Waals surface area contributed by atoms with E-state index in [4.69, 9.17) is 4.74 Å². The number of hydrogen-bond donors (Lipinski definition) is 1. The van der Waals surface area contributed by atoms with Gasteiger partial charge in [-0.25, -0.2) is 9.97 Å². The molecule has 1 N–H and O–H groups in total.